The number of hydrogen-bond donors (Lipinski definition) is 0. The van der Waals surface area contributed by atoms with Gasteiger partial charge >= 0.3 is 0 Å². The van der Waals surface area contributed by atoms with Crippen LogP contribution in [0.2, 0.25) is 0 Å². The van der Waals surface area contributed by atoms with Gasteiger partial charge in [0.2, 0.25) is 0 Å². The molecule has 1 atom stereocenters. The third-order valence-corrected chi connectivity index (χ3v) is 23.7. The molecule has 1 aromatic heterocycles. The summed E-state index contributed by atoms with van der Waals surface area (Å²) in [5.74, 6) is 0.0702. The van der Waals surface area contributed by atoms with E-state index in [9.17, 15) is 0 Å². The van der Waals surface area contributed by atoms with E-state index in [0.717, 1.165) is 0 Å². The molecule has 0 bridgehead atoms. The summed E-state index contributed by atoms with van der Waals surface area (Å²) in [5.41, 5.74) is 30.0. The SMILES string of the molecule is Cc1cc2c3c(c1)N(c1ccc(C(C)(C)C)cc1-c1cccc4c1C(C)(C)CCC4(C)C)c1cc4c(cc1B3c1sc3cc5c(cc3c1C2c1ccc2c(c1)C(C)(C)CCC2(C)C)C(C)(C)CCC5(C)C)C(C)(C)CCC4(C)C. The van der Waals surface area contributed by atoms with Gasteiger partial charge in [-0.1, -0.05) is 186 Å². The van der Waals surface area contributed by atoms with E-state index in [2.05, 4.69) is 246 Å². The molecule has 6 aliphatic rings. The minimum atomic E-state index is -0.0356. The first kappa shape index (κ1) is 53.5. The lowest BCUT2D eigenvalue weighted by molar-refractivity contribution is 0.331. The summed E-state index contributed by atoms with van der Waals surface area (Å²) in [5, 5.41) is 1.49. The number of fused-ring (bicyclic) bond motifs is 10. The summed E-state index contributed by atoms with van der Waals surface area (Å²) in [6.07, 6.45) is 9.56. The van der Waals surface area contributed by atoms with Gasteiger partial charge in [-0.2, -0.15) is 0 Å². The van der Waals surface area contributed by atoms with E-state index in [1.54, 1.807) is 32.6 Å². The maximum absolute atomic E-state index is 2.83. The van der Waals surface area contributed by atoms with Gasteiger partial charge in [0, 0.05) is 27.6 Å². The van der Waals surface area contributed by atoms with Crippen molar-refractivity contribution in [3.63, 3.8) is 0 Å². The van der Waals surface area contributed by atoms with E-state index in [4.69, 9.17) is 0 Å². The zero-order chi connectivity index (χ0) is 56.5. The average molecular weight is 1060 g/mol. The molecule has 0 saturated carbocycles. The van der Waals surface area contributed by atoms with Crippen LogP contribution in [0.5, 0.6) is 0 Å². The van der Waals surface area contributed by atoms with Gasteiger partial charge in [0.1, 0.15) is 0 Å². The van der Waals surface area contributed by atoms with E-state index in [1.165, 1.54) is 145 Å². The number of benzene rings is 6. The summed E-state index contributed by atoms with van der Waals surface area (Å²) < 4.78 is 3.03. The molecule has 3 heteroatoms. The van der Waals surface area contributed by atoms with E-state index in [-0.39, 0.29) is 61.4 Å². The maximum atomic E-state index is 2.83. The molecule has 0 spiro atoms. The molecule has 0 fully saturated rings. The lowest BCUT2D eigenvalue weighted by Crippen LogP contribution is -2.61. The smallest absolute Gasteiger partial charge is 0.259 e. The Hall–Kier alpha value is -4.86. The summed E-state index contributed by atoms with van der Waals surface area (Å²) in [4.78, 5) is 2.83. The van der Waals surface area contributed by atoms with Crippen molar-refractivity contribution in [3.05, 3.63) is 163 Å². The molecule has 0 N–H and O–H groups in total. The predicted octanol–water partition coefficient (Wildman–Crippen LogP) is 19.4. The number of rotatable bonds is 3. The van der Waals surface area contributed by atoms with E-state index in [1.807, 2.05) is 0 Å². The van der Waals surface area contributed by atoms with Crippen molar-refractivity contribution in [2.75, 3.05) is 4.90 Å². The fraction of sp³-hybridized carbons (Fsp3) is 0.500. The van der Waals surface area contributed by atoms with Crippen LogP contribution in [0.4, 0.5) is 17.1 Å². The highest BCUT2D eigenvalue weighted by molar-refractivity contribution is 7.32. The van der Waals surface area contributed by atoms with Crippen LogP contribution in [0, 0.1) is 6.92 Å². The van der Waals surface area contributed by atoms with Crippen molar-refractivity contribution in [1.29, 1.82) is 0 Å². The Balaban J connectivity index is 1.18. The van der Waals surface area contributed by atoms with Crippen LogP contribution < -0.4 is 20.6 Å². The second kappa shape index (κ2) is 16.7. The van der Waals surface area contributed by atoms with Crippen molar-refractivity contribution in [1.82, 2.24) is 0 Å². The zero-order valence-corrected chi connectivity index (χ0v) is 53.1. The number of nitrogens with zero attached hydrogens (tertiary/aromatic N) is 1. The van der Waals surface area contributed by atoms with Crippen LogP contribution in [-0.4, -0.2) is 6.71 Å². The number of hydrogen-bond acceptors (Lipinski definition) is 2. The van der Waals surface area contributed by atoms with Gasteiger partial charge in [0.15, 0.2) is 0 Å². The van der Waals surface area contributed by atoms with E-state index in [0.29, 0.717) is 0 Å². The Morgan fingerprint density at radius 3 is 1.61 bits per heavy atom. The molecular formula is C76H92BNS. The molecule has 0 saturated heterocycles. The van der Waals surface area contributed by atoms with Crippen molar-refractivity contribution in [2.24, 2.45) is 0 Å². The zero-order valence-electron chi connectivity index (χ0n) is 52.3. The summed E-state index contributed by atoms with van der Waals surface area (Å²) in [6, 6.07) is 39.1. The fourth-order valence-corrected chi connectivity index (χ4v) is 18.2. The summed E-state index contributed by atoms with van der Waals surface area (Å²) >= 11 is 2.14. The standard InChI is InChI=1S/C76H92BNS/c1-44-36-50-63(45-24-26-51-53(38-45)71(9,10)29-28-69(51,5)6)64-49-40-54-57(75(17,18)33-30-72(54,11)12)43-62(49)79-67(64)77-58-41-55-56(74(15,16)32-31-73(55,13)14)42-60(58)78(61(37-44)66(50)77)59-27-25-46(68(2,3)4)39-48(59)47-22-21-23-52-65(47)76(19,20)35-34-70(52,7)8/h21-27,36-43,63H,28-35H2,1-20H3. The molecule has 2 aliphatic heterocycles. The molecule has 3 heterocycles. The van der Waals surface area contributed by atoms with Crippen LogP contribution in [0.1, 0.15) is 261 Å². The van der Waals surface area contributed by atoms with Gasteiger partial charge in [-0.05, 0) is 242 Å². The minimum Gasteiger partial charge on any atom is -0.311 e. The molecule has 6 aromatic carbocycles. The topological polar surface area (TPSA) is 3.24 Å². The summed E-state index contributed by atoms with van der Waals surface area (Å²) in [6.45, 7) is 49.9. The Labute approximate surface area is 481 Å². The second-order valence-electron chi connectivity index (χ2n) is 32.8. The lowest BCUT2D eigenvalue weighted by atomic mass is 9.33. The van der Waals surface area contributed by atoms with Crippen LogP contribution in [0.25, 0.3) is 21.2 Å². The quantitative estimate of drug-likeness (QED) is 0.159. The van der Waals surface area contributed by atoms with Crippen molar-refractivity contribution < 1.29 is 0 Å². The third kappa shape index (κ3) is 7.85. The van der Waals surface area contributed by atoms with Crippen molar-refractivity contribution >= 4 is 60.9 Å². The van der Waals surface area contributed by atoms with Crippen LogP contribution in [0.15, 0.2) is 91.0 Å². The Morgan fingerprint density at radius 2 is 1.00 bits per heavy atom. The molecule has 1 nitrogen and oxygen atoms in total. The van der Waals surface area contributed by atoms with Crippen LogP contribution in [-0.2, 0) is 48.7 Å². The first-order valence-electron chi connectivity index (χ1n) is 30.8. The molecular weight excluding hydrogens is 970 g/mol. The molecule has 0 amide bonds. The Bertz CT molecular complexity index is 3760. The predicted molar refractivity (Wildman–Crippen MR) is 345 cm³/mol. The fourth-order valence-electron chi connectivity index (χ4n) is 16.8. The first-order chi connectivity index (χ1) is 36.6. The highest BCUT2D eigenvalue weighted by atomic mass is 32.1. The highest BCUT2D eigenvalue weighted by Gasteiger charge is 2.50. The molecule has 13 rings (SSSR count). The minimum absolute atomic E-state index is 0.0195. The monoisotopic (exact) mass is 1060 g/mol. The molecule has 410 valence electrons. The van der Waals surface area contributed by atoms with Gasteiger partial charge in [0.05, 0.1) is 5.69 Å². The molecule has 4 aliphatic carbocycles. The van der Waals surface area contributed by atoms with E-state index < -0.39 is 0 Å². The van der Waals surface area contributed by atoms with Crippen molar-refractivity contribution in [3.8, 4) is 11.1 Å². The number of anilines is 3. The van der Waals surface area contributed by atoms with Gasteiger partial charge in [-0.15, -0.1) is 11.3 Å². The van der Waals surface area contributed by atoms with Crippen LogP contribution >= 0.6 is 11.3 Å². The second-order valence-corrected chi connectivity index (χ2v) is 33.9. The Morgan fingerprint density at radius 1 is 0.468 bits per heavy atom. The highest BCUT2D eigenvalue weighted by Crippen LogP contribution is 2.57. The largest absolute Gasteiger partial charge is 0.311 e. The van der Waals surface area contributed by atoms with E-state index >= 15 is 0 Å². The van der Waals surface area contributed by atoms with Gasteiger partial charge < -0.3 is 4.90 Å². The number of thiophene rings is 1. The Kier molecular flexibility index (Phi) is 11.3. The molecule has 79 heavy (non-hydrogen) atoms. The maximum Gasteiger partial charge on any atom is 0.259 e. The van der Waals surface area contributed by atoms with Gasteiger partial charge in [-0.25, -0.2) is 0 Å². The molecule has 0 radical (unpaired) electrons. The van der Waals surface area contributed by atoms with Crippen LogP contribution in [0.3, 0.4) is 0 Å². The van der Waals surface area contributed by atoms with Gasteiger partial charge in [-0.3, -0.25) is 0 Å². The van der Waals surface area contributed by atoms with Gasteiger partial charge in [0.25, 0.3) is 6.71 Å². The average Bonchev–Trinajstić information content (AvgIpc) is 3.14. The normalized spacial score (nSPS) is 22.7. The summed E-state index contributed by atoms with van der Waals surface area (Å²) in [7, 11) is 0. The third-order valence-electron chi connectivity index (χ3n) is 22.5. The van der Waals surface area contributed by atoms with Crippen molar-refractivity contribution in [2.45, 2.75) is 244 Å². The number of aryl methyl sites for hydroxylation is 1. The molecule has 1 unspecified atom stereocenters. The first-order valence-corrected chi connectivity index (χ1v) is 31.6. The lowest BCUT2D eigenvalue weighted by Gasteiger charge is -2.47. The molecule has 7 aromatic rings.